The van der Waals surface area contributed by atoms with Gasteiger partial charge in [0, 0.05) is 22.1 Å². The van der Waals surface area contributed by atoms with E-state index < -0.39 is 16.9 Å². The van der Waals surface area contributed by atoms with E-state index in [9.17, 15) is 18.4 Å². The summed E-state index contributed by atoms with van der Waals surface area (Å²) in [5, 5.41) is 2.17. The van der Waals surface area contributed by atoms with E-state index in [1.165, 1.54) is 0 Å². The minimum absolute atomic E-state index is 0.0988. The molecule has 0 aliphatic rings. The molecule has 0 aromatic heterocycles. The Morgan fingerprint density at radius 3 is 2.24 bits per heavy atom. The van der Waals surface area contributed by atoms with E-state index in [2.05, 4.69) is 5.32 Å². The fraction of sp³-hybridized carbons (Fsp3) is 0.263. The van der Waals surface area contributed by atoms with Gasteiger partial charge in [-0.1, -0.05) is 13.8 Å². The summed E-state index contributed by atoms with van der Waals surface area (Å²) in [5.74, 6) is -1.55. The van der Waals surface area contributed by atoms with Crippen LogP contribution in [0.3, 0.4) is 0 Å². The Bertz CT molecular complexity index is 775. The van der Waals surface area contributed by atoms with Gasteiger partial charge in [0.05, 0.1) is 5.25 Å². The number of nitrogens with one attached hydrogen (secondary N) is 1. The van der Waals surface area contributed by atoms with Crippen LogP contribution in [-0.2, 0) is 4.79 Å². The van der Waals surface area contributed by atoms with Gasteiger partial charge in [0.25, 0.3) is 0 Å². The van der Waals surface area contributed by atoms with E-state index in [1.807, 2.05) is 0 Å². The normalized spacial score (nSPS) is 12.1. The van der Waals surface area contributed by atoms with Crippen LogP contribution < -0.4 is 5.32 Å². The van der Waals surface area contributed by atoms with E-state index >= 15 is 0 Å². The molecule has 0 spiro atoms. The SMILES string of the molecule is CC(C)C(=O)Nc1ccc(C(=O)[C@@H](C)Sc2cc(F)ccc2F)cc1. The molecular formula is C19H19F2NO2S. The van der Waals surface area contributed by atoms with Crippen molar-refractivity contribution in [3.05, 3.63) is 59.7 Å². The number of hydrogen-bond donors (Lipinski definition) is 1. The molecule has 0 saturated carbocycles. The van der Waals surface area contributed by atoms with Gasteiger partial charge in [-0.2, -0.15) is 0 Å². The number of thioether (sulfide) groups is 1. The number of carbonyl (C=O) groups excluding carboxylic acids is 2. The van der Waals surface area contributed by atoms with Crippen molar-refractivity contribution in [2.45, 2.75) is 30.9 Å². The molecule has 1 amide bonds. The zero-order valence-corrected chi connectivity index (χ0v) is 15.0. The summed E-state index contributed by atoms with van der Waals surface area (Å²) in [5.41, 5.74) is 1.05. The minimum Gasteiger partial charge on any atom is -0.326 e. The third-order valence-corrected chi connectivity index (χ3v) is 4.66. The number of hydrogen-bond acceptors (Lipinski definition) is 3. The minimum atomic E-state index is -0.576. The summed E-state index contributed by atoms with van der Waals surface area (Å²) in [6.07, 6.45) is 0. The number of amides is 1. The van der Waals surface area contributed by atoms with E-state index in [-0.39, 0.29) is 22.5 Å². The number of benzene rings is 2. The van der Waals surface area contributed by atoms with Crippen LogP contribution in [0.1, 0.15) is 31.1 Å². The molecule has 25 heavy (non-hydrogen) atoms. The maximum atomic E-state index is 13.7. The molecule has 2 aromatic rings. The number of rotatable bonds is 6. The predicted octanol–water partition coefficient (Wildman–Crippen LogP) is 4.92. The second kappa shape index (κ2) is 8.25. The summed E-state index contributed by atoms with van der Waals surface area (Å²) < 4.78 is 26.9. The summed E-state index contributed by atoms with van der Waals surface area (Å²) in [6, 6.07) is 9.67. The smallest absolute Gasteiger partial charge is 0.226 e. The molecule has 0 fully saturated rings. The van der Waals surface area contributed by atoms with Gasteiger partial charge in [-0.25, -0.2) is 8.78 Å². The molecule has 2 aromatic carbocycles. The highest BCUT2D eigenvalue weighted by Crippen LogP contribution is 2.29. The quantitative estimate of drug-likeness (QED) is 0.585. The van der Waals surface area contributed by atoms with Crippen LogP contribution in [0, 0.1) is 17.6 Å². The number of ketones is 1. The predicted molar refractivity (Wildman–Crippen MR) is 95.9 cm³/mol. The fourth-order valence-electron chi connectivity index (χ4n) is 2.05. The summed E-state index contributed by atoms with van der Waals surface area (Å²) in [4.78, 5) is 24.2. The lowest BCUT2D eigenvalue weighted by molar-refractivity contribution is -0.118. The van der Waals surface area contributed by atoms with Crippen molar-refractivity contribution in [1.82, 2.24) is 0 Å². The molecule has 3 nitrogen and oxygen atoms in total. The van der Waals surface area contributed by atoms with Crippen LogP contribution in [0.25, 0.3) is 0 Å². The van der Waals surface area contributed by atoms with E-state index in [0.29, 0.717) is 11.3 Å². The molecule has 0 radical (unpaired) electrons. The summed E-state index contributed by atoms with van der Waals surface area (Å²) >= 11 is 0.972. The topological polar surface area (TPSA) is 46.2 Å². The molecule has 132 valence electrons. The Morgan fingerprint density at radius 1 is 1.00 bits per heavy atom. The van der Waals surface area contributed by atoms with Crippen molar-refractivity contribution in [3.8, 4) is 0 Å². The van der Waals surface area contributed by atoms with Gasteiger partial charge in [-0.05, 0) is 49.4 Å². The molecule has 0 bridgehead atoms. The second-order valence-corrected chi connectivity index (χ2v) is 7.30. The molecule has 2 rings (SSSR count). The average molecular weight is 363 g/mol. The van der Waals surface area contributed by atoms with Gasteiger partial charge in [0.15, 0.2) is 5.78 Å². The van der Waals surface area contributed by atoms with E-state index in [4.69, 9.17) is 0 Å². The number of anilines is 1. The Kier molecular flexibility index (Phi) is 6.31. The van der Waals surface area contributed by atoms with Gasteiger partial charge in [0.2, 0.25) is 5.91 Å². The van der Waals surface area contributed by atoms with Crippen LogP contribution in [0.15, 0.2) is 47.4 Å². The van der Waals surface area contributed by atoms with Gasteiger partial charge in [-0.15, -0.1) is 11.8 Å². The first-order valence-corrected chi connectivity index (χ1v) is 8.72. The molecule has 1 N–H and O–H groups in total. The second-order valence-electron chi connectivity index (χ2n) is 5.92. The third-order valence-electron chi connectivity index (χ3n) is 3.53. The first kappa shape index (κ1) is 19.1. The lowest BCUT2D eigenvalue weighted by Crippen LogP contribution is -2.18. The fourth-order valence-corrected chi connectivity index (χ4v) is 3.04. The lowest BCUT2D eigenvalue weighted by Gasteiger charge is -2.12. The van der Waals surface area contributed by atoms with Gasteiger partial charge in [-0.3, -0.25) is 9.59 Å². The van der Waals surface area contributed by atoms with Gasteiger partial charge < -0.3 is 5.32 Å². The monoisotopic (exact) mass is 363 g/mol. The highest BCUT2D eigenvalue weighted by atomic mass is 32.2. The Balaban J connectivity index is 2.06. The summed E-state index contributed by atoms with van der Waals surface area (Å²) in [6.45, 7) is 5.22. The van der Waals surface area contributed by atoms with Crippen LogP contribution >= 0.6 is 11.8 Å². The lowest BCUT2D eigenvalue weighted by atomic mass is 10.1. The van der Waals surface area contributed by atoms with Gasteiger partial charge in [0.1, 0.15) is 11.6 Å². The highest BCUT2D eigenvalue weighted by molar-refractivity contribution is 8.00. The molecule has 0 unspecified atom stereocenters. The Hall–Kier alpha value is -2.21. The van der Waals surface area contributed by atoms with Crippen LogP contribution in [-0.4, -0.2) is 16.9 Å². The van der Waals surface area contributed by atoms with Crippen molar-refractivity contribution >= 4 is 29.1 Å². The molecule has 0 saturated heterocycles. The molecular weight excluding hydrogens is 344 g/mol. The first-order valence-electron chi connectivity index (χ1n) is 7.84. The number of halogens is 2. The average Bonchev–Trinajstić information content (AvgIpc) is 2.58. The van der Waals surface area contributed by atoms with Crippen LogP contribution in [0.5, 0.6) is 0 Å². The largest absolute Gasteiger partial charge is 0.326 e. The van der Waals surface area contributed by atoms with Crippen molar-refractivity contribution in [3.63, 3.8) is 0 Å². The Labute approximate surface area is 149 Å². The molecule has 0 aliphatic heterocycles. The maximum absolute atomic E-state index is 13.7. The highest BCUT2D eigenvalue weighted by Gasteiger charge is 2.19. The molecule has 0 heterocycles. The standard InChI is InChI=1S/C19H19F2NO2S/c1-11(2)19(24)22-15-7-4-13(5-8-15)18(23)12(3)25-17-10-14(20)6-9-16(17)21/h4-12H,1-3H3,(H,22,24)/t12-/m1/s1. The molecule has 0 aliphatic carbocycles. The maximum Gasteiger partial charge on any atom is 0.226 e. The van der Waals surface area contributed by atoms with Crippen molar-refractivity contribution in [2.75, 3.05) is 5.32 Å². The van der Waals surface area contributed by atoms with Crippen LogP contribution in [0.4, 0.5) is 14.5 Å². The Morgan fingerprint density at radius 2 is 1.64 bits per heavy atom. The van der Waals surface area contributed by atoms with E-state index in [0.717, 1.165) is 30.0 Å². The van der Waals surface area contributed by atoms with E-state index in [1.54, 1.807) is 45.0 Å². The molecule has 1 atom stereocenters. The summed E-state index contributed by atoms with van der Waals surface area (Å²) in [7, 11) is 0. The number of Topliss-reactive ketones (excluding diaryl/α,β-unsaturated/α-hetero) is 1. The van der Waals surface area contributed by atoms with Crippen LogP contribution in [0.2, 0.25) is 0 Å². The van der Waals surface area contributed by atoms with Crippen molar-refractivity contribution in [1.29, 1.82) is 0 Å². The van der Waals surface area contributed by atoms with Crippen molar-refractivity contribution < 1.29 is 18.4 Å². The zero-order valence-electron chi connectivity index (χ0n) is 14.2. The van der Waals surface area contributed by atoms with Gasteiger partial charge >= 0.3 is 0 Å². The zero-order chi connectivity index (χ0) is 18.6. The molecule has 6 heteroatoms. The van der Waals surface area contributed by atoms with Crippen molar-refractivity contribution in [2.24, 2.45) is 5.92 Å². The third kappa shape index (κ3) is 5.13. The number of carbonyl (C=O) groups is 2. The first-order chi connectivity index (χ1) is 11.8.